The highest BCUT2D eigenvalue weighted by atomic mass is 19.1. The third-order valence-corrected chi connectivity index (χ3v) is 3.63. The molecule has 2 heterocycles. The van der Waals surface area contributed by atoms with Gasteiger partial charge in [-0.3, -0.25) is 0 Å². The predicted octanol–water partition coefficient (Wildman–Crippen LogP) is 2.85. The van der Waals surface area contributed by atoms with Crippen LogP contribution in [0.3, 0.4) is 0 Å². The Balaban J connectivity index is 1.85. The summed E-state index contributed by atoms with van der Waals surface area (Å²) < 4.78 is 13.9. The van der Waals surface area contributed by atoms with Crippen LogP contribution in [-0.4, -0.2) is 18.1 Å². The maximum absolute atomic E-state index is 13.9. The van der Waals surface area contributed by atoms with Crippen LogP contribution in [0.2, 0.25) is 0 Å². The van der Waals surface area contributed by atoms with E-state index in [1.165, 1.54) is 12.8 Å². The first kappa shape index (κ1) is 10.8. The van der Waals surface area contributed by atoms with Crippen LogP contribution in [0.25, 0.3) is 10.9 Å². The molecule has 1 fully saturated rings. The number of benzene rings is 1. The summed E-state index contributed by atoms with van der Waals surface area (Å²) in [6.07, 6.45) is 5.11. The van der Waals surface area contributed by atoms with E-state index in [1.54, 1.807) is 6.07 Å². The summed E-state index contributed by atoms with van der Waals surface area (Å²) in [6.45, 7) is 2.12. The number of hydrogen-bond donors (Lipinski definition) is 2. The van der Waals surface area contributed by atoms with E-state index in [1.807, 2.05) is 18.3 Å². The lowest BCUT2D eigenvalue weighted by atomic mass is 9.92. The number of H-pyrrole nitrogens is 1. The summed E-state index contributed by atoms with van der Waals surface area (Å²) >= 11 is 0. The van der Waals surface area contributed by atoms with Crippen LogP contribution in [0.15, 0.2) is 24.4 Å². The third-order valence-electron chi connectivity index (χ3n) is 3.63. The Morgan fingerprint density at radius 1 is 1.35 bits per heavy atom. The lowest BCUT2D eigenvalue weighted by molar-refractivity contribution is 0.372. The third kappa shape index (κ3) is 2.20. The minimum absolute atomic E-state index is 0.0670. The first-order valence-corrected chi connectivity index (χ1v) is 6.29. The maximum Gasteiger partial charge on any atom is 0.127 e. The van der Waals surface area contributed by atoms with Crippen molar-refractivity contribution in [2.45, 2.75) is 19.3 Å². The molecule has 1 aliphatic rings. The number of fused-ring (bicyclic) bond motifs is 1. The number of aromatic amines is 1. The van der Waals surface area contributed by atoms with Crippen molar-refractivity contribution in [3.63, 3.8) is 0 Å². The Bertz CT molecular complexity index is 512. The van der Waals surface area contributed by atoms with Gasteiger partial charge in [-0.05, 0) is 62.0 Å². The number of rotatable bonds is 2. The van der Waals surface area contributed by atoms with Crippen LogP contribution in [0.4, 0.5) is 4.39 Å². The molecule has 1 saturated heterocycles. The lowest BCUT2D eigenvalue weighted by Gasteiger charge is -2.22. The van der Waals surface area contributed by atoms with E-state index in [2.05, 4.69) is 10.3 Å². The van der Waals surface area contributed by atoms with Gasteiger partial charge in [0, 0.05) is 17.1 Å². The molecular formula is C14H17FN2. The lowest BCUT2D eigenvalue weighted by Crippen LogP contribution is -2.31. The molecule has 1 aromatic carbocycles. The zero-order valence-electron chi connectivity index (χ0n) is 9.80. The molecule has 1 aromatic heterocycles. The van der Waals surface area contributed by atoms with Gasteiger partial charge in [0.05, 0.1) is 0 Å². The molecule has 0 aliphatic carbocycles. The van der Waals surface area contributed by atoms with E-state index in [9.17, 15) is 4.39 Å². The fraction of sp³-hybridized carbons (Fsp3) is 0.429. The SMILES string of the molecule is Fc1cc2cc[nH]c2cc1CC1CCCNC1. The summed E-state index contributed by atoms with van der Waals surface area (Å²) in [4.78, 5) is 3.14. The average molecular weight is 232 g/mol. The quantitative estimate of drug-likeness (QED) is 0.818. The molecule has 0 bridgehead atoms. The second kappa shape index (κ2) is 4.49. The fourth-order valence-electron chi connectivity index (χ4n) is 2.68. The minimum Gasteiger partial charge on any atom is -0.361 e. The highest BCUT2D eigenvalue weighted by Crippen LogP contribution is 2.22. The van der Waals surface area contributed by atoms with Crippen LogP contribution in [0.1, 0.15) is 18.4 Å². The average Bonchev–Trinajstić information content (AvgIpc) is 2.78. The summed E-state index contributed by atoms with van der Waals surface area (Å²) in [5.41, 5.74) is 1.87. The number of nitrogens with one attached hydrogen (secondary N) is 2. The molecular weight excluding hydrogens is 215 g/mol. The maximum atomic E-state index is 13.9. The summed E-state index contributed by atoms with van der Waals surface area (Å²) in [7, 11) is 0. The number of hydrogen-bond acceptors (Lipinski definition) is 1. The largest absolute Gasteiger partial charge is 0.361 e. The molecule has 3 heteroatoms. The van der Waals surface area contributed by atoms with E-state index in [0.717, 1.165) is 36.0 Å². The molecule has 0 saturated carbocycles. The standard InChI is InChI=1S/C14H17FN2/c15-13-7-11-3-5-17-14(11)8-12(13)6-10-2-1-4-16-9-10/h3,5,7-8,10,16-17H,1-2,4,6,9H2. The Labute approximate surface area is 100 Å². The second-order valence-corrected chi connectivity index (χ2v) is 4.93. The molecule has 2 N–H and O–H groups in total. The topological polar surface area (TPSA) is 27.8 Å². The van der Waals surface area contributed by atoms with Crippen molar-refractivity contribution in [2.75, 3.05) is 13.1 Å². The molecule has 1 unspecified atom stereocenters. The van der Waals surface area contributed by atoms with Crippen molar-refractivity contribution in [2.24, 2.45) is 5.92 Å². The molecule has 1 aliphatic heterocycles. The smallest absolute Gasteiger partial charge is 0.127 e. The first-order chi connectivity index (χ1) is 8.33. The fourth-order valence-corrected chi connectivity index (χ4v) is 2.68. The molecule has 0 amide bonds. The van der Waals surface area contributed by atoms with Gasteiger partial charge in [0.25, 0.3) is 0 Å². The van der Waals surface area contributed by atoms with Gasteiger partial charge in [0.1, 0.15) is 5.82 Å². The number of halogens is 1. The number of aromatic nitrogens is 1. The van der Waals surface area contributed by atoms with Crippen molar-refractivity contribution >= 4 is 10.9 Å². The molecule has 0 radical (unpaired) electrons. The Morgan fingerprint density at radius 2 is 2.29 bits per heavy atom. The highest BCUT2D eigenvalue weighted by molar-refractivity contribution is 5.80. The van der Waals surface area contributed by atoms with E-state index < -0.39 is 0 Å². The molecule has 0 spiro atoms. The Kier molecular flexibility index (Phi) is 2.85. The van der Waals surface area contributed by atoms with E-state index in [4.69, 9.17) is 0 Å². The Morgan fingerprint density at radius 3 is 3.12 bits per heavy atom. The van der Waals surface area contributed by atoms with Crippen molar-refractivity contribution in [1.82, 2.24) is 10.3 Å². The normalized spacial score (nSPS) is 20.9. The van der Waals surface area contributed by atoms with Crippen LogP contribution in [0, 0.1) is 11.7 Å². The van der Waals surface area contributed by atoms with Crippen LogP contribution in [-0.2, 0) is 6.42 Å². The van der Waals surface area contributed by atoms with Gasteiger partial charge >= 0.3 is 0 Å². The van der Waals surface area contributed by atoms with Gasteiger partial charge in [0.2, 0.25) is 0 Å². The van der Waals surface area contributed by atoms with Crippen molar-refractivity contribution < 1.29 is 4.39 Å². The Hall–Kier alpha value is -1.35. The molecule has 3 rings (SSSR count). The van der Waals surface area contributed by atoms with Gasteiger partial charge in [-0.2, -0.15) is 0 Å². The van der Waals surface area contributed by atoms with Crippen molar-refractivity contribution in [1.29, 1.82) is 0 Å². The molecule has 17 heavy (non-hydrogen) atoms. The summed E-state index contributed by atoms with van der Waals surface area (Å²) in [5.74, 6) is 0.508. The molecule has 2 nitrogen and oxygen atoms in total. The first-order valence-electron chi connectivity index (χ1n) is 6.29. The molecule has 2 aromatic rings. The van der Waals surface area contributed by atoms with E-state index >= 15 is 0 Å². The van der Waals surface area contributed by atoms with Crippen LogP contribution in [0.5, 0.6) is 0 Å². The van der Waals surface area contributed by atoms with Gasteiger partial charge in [-0.1, -0.05) is 0 Å². The van der Waals surface area contributed by atoms with Crippen molar-refractivity contribution in [3.8, 4) is 0 Å². The van der Waals surface area contributed by atoms with E-state index in [0.29, 0.717) is 5.92 Å². The second-order valence-electron chi connectivity index (χ2n) is 4.93. The number of piperidine rings is 1. The molecule has 90 valence electrons. The van der Waals surface area contributed by atoms with E-state index in [-0.39, 0.29) is 5.82 Å². The minimum atomic E-state index is -0.0670. The highest BCUT2D eigenvalue weighted by Gasteiger charge is 2.16. The monoisotopic (exact) mass is 232 g/mol. The summed E-state index contributed by atoms with van der Waals surface area (Å²) in [6, 6.07) is 5.50. The van der Waals surface area contributed by atoms with Crippen molar-refractivity contribution in [3.05, 3.63) is 35.8 Å². The zero-order chi connectivity index (χ0) is 11.7. The van der Waals surface area contributed by atoms with Gasteiger partial charge < -0.3 is 10.3 Å². The van der Waals surface area contributed by atoms with Crippen LogP contribution >= 0.6 is 0 Å². The van der Waals surface area contributed by atoms with Gasteiger partial charge in [0.15, 0.2) is 0 Å². The predicted molar refractivity (Wildman–Crippen MR) is 67.6 cm³/mol. The van der Waals surface area contributed by atoms with Gasteiger partial charge in [-0.25, -0.2) is 4.39 Å². The van der Waals surface area contributed by atoms with Gasteiger partial charge in [-0.15, -0.1) is 0 Å². The summed E-state index contributed by atoms with van der Waals surface area (Å²) in [5, 5.41) is 4.33. The zero-order valence-corrected chi connectivity index (χ0v) is 9.80. The van der Waals surface area contributed by atoms with Crippen LogP contribution < -0.4 is 5.32 Å². The molecule has 1 atom stereocenters.